The number of Topliss-reactive ketones (excluding diaryl/α,β-unsaturated/α-hetero) is 1. The first-order valence-electron chi connectivity index (χ1n) is 6.15. The summed E-state index contributed by atoms with van der Waals surface area (Å²) >= 11 is 11.8. The lowest BCUT2D eigenvalue weighted by molar-refractivity contribution is 0.0921. The van der Waals surface area contributed by atoms with Crippen LogP contribution in [0.3, 0.4) is 0 Å². The van der Waals surface area contributed by atoms with Crippen LogP contribution < -0.4 is 4.74 Å². The number of aryl methyl sites for hydroxylation is 2. The molecule has 0 spiro atoms. The number of benzene rings is 2. The second kappa shape index (κ2) is 6.29. The van der Waals surface area contributed by atoms with Crippen molar-refractivity contribution in [2.75, 3.05) is 6.61 Å². The van der Waals surface area contributed by atoms with Gasteiger partial charge in [0, 0.05) is 10.6 Å². The van der Waals surface area contributed by atoms with Crippen molar-refractivity contribution in [2.24, 2.45) is 0 Å². The van der Waals surface area contributed by atoms with Crippen molar-refractivity contribution in [3.05, 3.63) is 63.1 Å². The Morgan fingerprint density at radius 1 is 1.05 bits per heavy atom. The fraction of sp³-hybridized carbons (Fsp3) is 0.188. The molecule has 0 saturated heterocycles. The van der Waals surface area contributed by atoms with Crippen LogP contribution in [-0.2, 0) is 0 Å². The lowest BCUT2D eigenvalue weighted by Crippen LogP contribution is -2.12. The van der Waals surface area contributed by atoms with Gasteiger partial charge in [-0.3, -0.25) is 4.79 Å². The molecule has 2 rings (SSSR count). The fourth-order valence-corrected chi connectivity index (χ4v) is 2.14. The quantitative estimate of drug-likeness (QED) is 0.753. The first kappa shape index (κ1) is 14.9. The molecule has 104 valence electrons. The van der Waals surface area contributed by atoms with Gasteiger partial charge in [-0.05, 0) is 55.3 Å². The average Bonchev–Trinajstić information content (AvgIpc) is 2.42. The van der Waals surface area contributed by atoms with Gasteiger partial charge in [-0.1, -0.05) is 29.3 Å². The lowest BCUT2D eigenvalue weighted by atomic mass is 10.1. The summed E-state index contributed by atoms with van der Waals surface area (Å²) in [6.07, 6.45) is 0. The van der Waals surface area contributed by atoms with Gasteiger partial charge in [0.1, 0.15) is 5.75 Å². The van der Waals surface area contributed by atoms with Crippen LogP contribution in [0.25, 0.3) is 0 Å². The van der Waals surface area contributed by atoms with Crippen LogP contribution in [0.15, 0.2) is 36.4 Å². The van der Waals surface area contributed by atoms with Gasteiger partial charge in [-0.15, -0.1) is 0 Å². The van der Waals surface area contributed by atoms with Crippen molar-refractivity contribution in [2.45, 2.75) is 13.8 Å². The molecule has 0 aromatic heterocycles. The number of ether oxygens (including phenoxy) is 1. The van der Waals surface area contributed by atoms with Crippen LogP contribution in [0.2, 0.25) is 10.0 Å². The van der Waals surface area contributed by atoms with Crippen LogP contribution in [-0.4, -0.2) is 12.4 Å². The second-order valence-electron chi connectivity index (χ2n) is 4.58. The van der Waals surface area contributed by atoms with Crippen LogP contribution in [0.4, 0.5) is 0 Å². The third-order valence-electron chi connectivity index (χ3n) is 3.08. The van der Waals surface area contributed by atoms with Crippen molar-refractivity contribution in [3.8, 4) is 5.75 Å². The molecule has 2 aromatic rings. The maximum Gasteiger partial charge on any atom is 0.201 e. The minimum absolute atomic E-state index is 0.0669. The van der Waals surface area contributed by atoms with E-state index in [1.54, 1.807) is 18.2 Å². The van der Waals surface area contributed by atoms with E-state index in [1.165, 1.54) is 5.56 Å². The molecule has 0 aliphatic rings. The van der Waals surface area contributed by atoms with E-state index in [-0.39, 0.29) is 12.4 Å². The fourth-order valence-electron chi connectivity index (χ4n) is 1.74. The number of hydrogen-bond donors (Lipinski definition) is 0. The van der Waals surface area contributed by atoms with Crippen molar-refractivity contribution in [1.82, 2.24) is 0 Å². The van der Waals surface area contributed by atoms with E-state index in [1.807, 2.05) is 32.0 Å². The minimum atomic E-state index is -0.198. The average molecular weight is 309 g/mol. The molecule has 2 aromatic carbocycles. The van der Waals surface area contributed by atoms with Gasteiger partial charge >= 0.3 is 0 Å². The Balaban J connectivity index is 2.08. The van der Waals surface area contributed by atoms with E-state index in [2.05, 4.69) is 0 Å². The first-order valence-corrected chi connectivity index (χ1v) is 6.91. The Labute approximate surface area is 128 Å². The maximum atomic E-state index is 12.1. The van der Waals surface area contributed by atoms with Crippen LogP contribution in [0.5, 0.6) is 5.75 Å². The highest BCUT2D eigenvalue weighted by atomic mass is 35.5. The molecule has 0 heterocycles. The highest BCUT2D eigenvalue weighted by Crippen LogP contribution is 2.22. The molecule has 0 amide bonds. The molecule has 20 heavy (non-hydrogen) atoms. The molecular formula is C16H14Cl2O2. The minimum Gasteiger partial charge on any atom is -0.485 e. The van der Waals surface area contributed by atoms with Gasteiger partial charge in [0.05, 0.1) is 5.02 Å². The highest BCUT2D eigenvalue weighted by molar-refractivity contribution is 6.35. The van der Waals surface area contributed by atoms with Gasteiger partial charge in [-0.25, -0.2) is 0 Å². The summed E-state index contributed by atoms with van der Waals surface area (Å²) in [5.74, 6) is 0.468. The van der Waals surface area contributed by atoms with E-state index < -0.39 is 0 Å². The number of halogens is 2. The van der Waals surface area contributed by atoms with Gasteiger partial charge in [-0.2, -0.15) is 0 Å². The third kappa shape index (κ3) is 3.53. The predicted molar refractivity (Wildman–Crippen MR) is 82.2 cm³/mol. The summed E-state index contributed by atoms with van der Waals surface area (Å²) in [4.78, 5) is 12.1. The molecule has 0 aliphatic carbocycles. The van der Waals surface area contributed by atoms with Crippen molar-refractivity contribution in [3.63, 3.8) is 0 Å². The molecule has 0 radical (unpaired) electrons. The molecule has 0 bridgehead atoms. The number of ketones is 1. The number of hydrogen-bond acceptors (Lipinski definition) is 2. The predicted octanol–water partition coefficient (Wildman–Crippen LogP) is 4.87. The SMILES string of the molecule is Cc1ccc(OCC(=O)c2cc(Cl)ccc2Cl)cc1C. The van der Waals surface area contributed by atoms with Gasteiger partial charge in [0.15, 0.2) is 6.61 Å². The zero-order chi connectivity index (χ0) is 14.7. The monoisotopic (exact) mass is 308 g/mol. The van der Waals surface area contributed by atoms with E-state index in [0.717, 1.165) is 5.56 Å². The molecule has 0 fully saturated rings. The summed E-state index contributed by atoms with van der Waals surface area (Å²) in [5, 5.41) is 0.854. The first-order chi connectivity index (χ1) is 9.47. The lowest BCUT2D eigenvalue weighted by Gasteiger charge is -2.09. The zero-order valence-corrected chi connectivity index (χ0v) is 12.8. The largest absolute Gasteiger partial charge is 0.485 e. The Morgan fingerprint density at radius 2 is 1.80 bits per heavy atom. The molecule has 0 atom stereocenters. The Kier molecular flexibility index (Phi) is 4.69. The normalized spacial score (nSPS) is 10.4. The second-order valence-corrected chi connectivity index (χ2v) is 5.43. The van der Waals surface area contributed by atoms with Crippen molar-refractivity contribution < 1.29 is 9.53 Å². The van der Waals surface area contributed by atoms with Crippen molar-refractivity contribution in [1.29, 1.82) is 0 Å². The number of rotatable bonds is 4. The van der Waals surface area contributed by atoms with Crippen molar-refractivity contribution >= 4 is 29.0 Å². The molecule has 0 saturated carbocycles. The van der Waals surface area contributed by atoms with E-state index >= 15 is 0 Å². The van der Waals surface area contributed by atoms with E-state index in [0.29, 0.717) is 21.4 Å². The number of carbonyl (C=O) groups is 1. The van der Waals surface area contributed by atoms with Gasteiger partial charge < -0.3 is 4.74 Å². The standard InChI is InChI=1S/C16H14Cl2O2/c1-10-3-5-13(7-11(10)2)20-9-16(19)14-8-12(17)4-6-15(14)18/h3-8H,9H2,1-2H3. The summed E-state index contributed by atoms with van der Waals surface area (Å²) in [6, 6.07) is 10.5. The van der Waals surface area contributed by atoms with Gasteiger partial charge in [0.2, 0.25) is 5.78 Å². The molecule has 0 unspecified atom stereocenters. The summed E-state index contributed by atoms with van der Waals surface area (Å²) in [6.45, 7) is 3.95. The van der Waals surface area contributed by atoms with Crippen LogP contribution in [0.1, 0.15) is 21.5 Å². The maximum absolute atomic E-state index is 12.1. The molecular weight excluding hydrogens is 295 g/mol. The van der Waals surface area contributed by atoms with E-state index in [4.69, 9.17) is 27.9 Å². The zero-order valence-electron chi connectivity index (χ0n) is 11.2. The summed E-state index contributed by atoms with van der Waals surface area (Å²) < 4.78 is 5.50. The van der Waals surface area contributed by atoms with Crippen LogP contribution >= 0.6 is 23.2 Å². The summed E-state index contributed by atoms with van der Waals surface area (Å²) in [7, 11) is 0. The Morgan fingerprint density at radius 3 is 2.50 bits per heavy atom. The third-order valence-corrected chi connectivity index (χ3v) is 3.64. The summed E-state index contributed by atoms with van der Waals surface area (Å²) in [5.41, 5.74) is 2.68. The highest BCUT2D eigenvalue weighted by Gasteiger charge is 2.12. The number of carbonyl (C=O) groups excluding carboxylic acids is 1. The van der Waals surface area contributed by atoms with Crippen LogP contribution in [0, 0.1) is 13.8 Å². The molecule has 0 N–H and O–H groups in total. The Hall–Kier alpha value is -1.51. The Bertz CT molecular complexity index is 651. The molecule has 2 nitrogen and oxygen atoms in total. The molecule has 4 heteroatoms. The molecule has 0 aliphatic heterocycles. The van der Waals surface area contributed by atoms with E-state index in [9.17, 15) is 4.79 Å². The smallest absolute Gasteiger partial charge is 0.201 e. The topological polar surface area (TPSA) is 26.3 Å². The van der Waals surface area contributed by atoms with Gasteiger partial charge in [0.25, 0.3) is 0 Å².